The Balaban J connectivity index is 1.52. The van der Waals surface area contributed by atoms with Gasteiger partial charge in [-0.1, -0.05) is 42.5 Å². The van der Waals surface area contributed by atoms with Gasteiger partial charge in [-0.05, 0) is 60.2 Å². The Morgan fingerprint density at radius 3 is 2.69 bits per heavy atom. The van der Waals surface area contributed by atoms with Gasteiger partial charge in [0.05, 0.1) is 5.69 Å². The second kappa shape index (κ2) is 9.60. The predicted octanol–water partition coefficient (Wildman–Crippen LogP) is 1.76. The van der Waals surface area contributed by atoms with Crippen LogP contribution >= 0.6 is 0 Å². The summed E-state index contributed by atoms with van der Waals surface area (Å²) in [4.78, 5) is 15.2. The second-order valence-electron chi connectivity index (χ2n) is 8.02. The molecule has 4 rings (SSSR count). The van der Waals surface area contributed by atoms with Gasteiger partial charge in [0.15, 0.2) is 5.69 Å². The fourth-order valence-corrected chi connectivity index (χ4v) is 3.61. The molecule has 32 heavy (non-hydrogen) atoms. The van der Waals surface area contributed by atoms with E-state index >= 15 is 0 Å². The summed E-state index contributed by atoms with van der Waals surface area (Å²) in [5.41, 5.74) is 14.2. The van der Waals surface area contributed by atoms with Crippen molar-refractivity contribution in [2.75, 3.05) is 18.8 Å². The van der Waals surface area contributed by atoms with E-state index in [2.05, 4.69) is 43.3 Å². The van der Waals surface area contributed by atoms with Crippen LogP contribution in [0, 0.1) is 5.92 Å². The minimum absolute atomic E-state index is 0.0786. The Labute approximate surface area is 185 Å². The number of rotatable bonds is 7. The molecule has 1 aliphatic heterocycles. The lowest BCUT2D eigenvalue weighted by atomic mass is 9.99. The molecule has 168 valence electrons. The number of piperidine rings is 1. The van der Waals surface area contributed by atoms with E-state index in [0.717, 1.165) is 37.1 Å². The van der Waals surface area contributed by atoms with Crippen molar-refractivity contribution in [2.24, 2.45) is 5.92 Å². The number of amides is 1. The first-order valence-corrected chi connectivity index (χ1v) is 10.6. The van der Waals surface area contributed by atoms with Gasteiger partial charge in [0, 0.05) is 12.7 Å². The van der Waals surface area contributed by atoms with Crippen LogP contribution in [0.1, 0.15) is 48.4 Å². The van der Waals surface area contributed by atoms with Crippen LogP contribution in [-0.2, 0) is 6.54 Å². The van der Waals surface area contributed by atoms with Crippen LogP contribution < -0.4 is 16.6 Å². The number of hydrogen-bond donors (Lipinski definition) is 3. The highest BCUT2D eigenvalue weighted by atomic mass is 16.6. The summed E-state index contributed by atoms with van der Waals surface area (Å²) in [5.74, 6) is 0.569. The number of carbonyl (C=O) groups excluding carboxylic acids is 1. The summed E-state index contributed by atoms with van der Waals surface area (Å²) in [6.07, 6.45) is 3.92. The van der Waals surface area contributed by atoms with E-state index < -0.39 is 5.91 Å². The molecule has 11 nitrogen and oxygen atoms in total. The molecule has 0 spiro atoms. The largest absolute Gasteiger partial charge is 0.378 e. The van der Waals surface area contributed by atoms with E-state index in [0.29, 0.717) is 18.2 Å². The lowest BCUT2D eigenvalue weighted by Crippen LogP contribution is -2.36. The monoisotopic (exact) mass is 437 g/mol. The number of nitrogen functional groups attached to an aromatic ring is 1. The number of anilines is 1. The summed E-state index contributed by atoms with van der Waals surface area (Å²) < 4.78 is 6.13. The number of benzene rings is 1. The summed E-state index contributed by atoms with van der Waals surface area (Å²) in [7, 11) is 0. The van der Waals surface area contributed by atoms with Gasteiger partial charge < -0.3 is 11.2 Å². The van der Waals surface area contributed by atoms with Gasteiger partial charge in [0.25, 0.3) is 5.91 Å². The van der Waals surface area contributed by atoms with Crippen molar-refractivity contribution in [2.45, 2.75) is 33.2 Å². The third-order valence-electron chi connectivity index (χ3n) is 5.63. The van der Waals surface area contributed by atoms with E-state index in [1.54, 1.807) is 6.20 Å². The molecule has 1 amide bonds. The molecular formula is C21H27N9O2. The van der Waals surface area contributed by atoms with Crippen molar-refractivity contribution < 1.29 is 9.42 Å². The summed E-state index contributed by atoms with van der Waals surface area (Å²) in [5, 5.41) is 15.6. The SMILES string of the molecule is C/C(=C\NNC(=O)c1nnn(-c2nonc2N)c1CN1CCC(C)CC1)c1ccccc1. The normalized spacial score (nSPS) is 15.6. The summed E-state index contributed by atoms with van der Waals surface area (Å²) in [6, 6.07) is 9.87. The van der Waals surface area contributed by atoms with Crippen LogP contribution in [0.15, 0.2) is 41.2 Å². The zero-order chi connectivity index (χ0) is 22.5. The molecule has 1 fully saturated rings. The summed E-state index contributed by atoms with van der Waals surface area (Å²) in [6.45, 7) is 6.54. The first-order valence-electron chi connectivity index (χ1n) is 10.6. The highest BCUT2D eigenvalue weighted by Gasteiger charge is 2.26. The number of hydrogen-bond acceptors (Lipinski definition) is 9. The summed E-state index contributed by atoms with van der Waals surface area (Å²) >= 11 is 0. The van der Waals surface area contributed by atoms with Crippen LogP contribution in [0.25, 0.3) is 11.4 Å². The molecule has 0 radical (unpaired) electrons. The Morgan fingerprint density at radius 2 is 2.00 bits per heavy atom. The van der Waals surface area contributed by atoms with E-state index in [1.807, 2.05) is 37.3 Å². The molecule has 3 aromatic rings. The minimum atomic E-state index is -0.413. The molecule has 1 saturated heterocycles. The Hall–Kier alpha value is -3.73. The second-order valence-corrected chi connectivity index (χ2v) is 8.02. The third-order valence-corrected chi connectivity index (χ3v) is 5.63. The molecule has 0 aliphatic carbocycles. The number of nitrogens with two attached hydrogens (primary N) is 1. The molecule has 0 unspecified atom stereocenters. The Morgan fingerprint density at radius 1 is 1.25 bits per heavy atom. The van der Waals surface area contributed by atoms with Crippen LogP contribution in [0.4, 0.5) is 5.82 Å². The van der Waals surface area contributed by atoms with Crippen molar-refractivity contribution in [3.05, 3.63) is 53.5 Å². The van der Waals surface area contributed by atoms with Crippen LogP contribution in [-0.4, -0.2) is 49.2 Å². The van der Waals surface area contributed by atoms with E-state index in [1.165, 1.54) is 4.68 Å². The number of nitrogens with one attached hydrogen (secondary N) is 2. The van der Waals surface area contributed by atoms with E-state index in [9.17, 15) is 4.79 Å². The molecule has 2 aromatic heterocycles. The quantitative estimate of drug-likeness (QED) is 0.472. The van der Waals surface area contributed by atoms with Gasteiger partial charge in [0.1, 0.15) is 0 Å². The van der Waals surface area contributed by atoms with Gasteiger partial charge in [-0.15, -0.1) is 5.10 Å². The zero-order valence-corrected chi connectivity index (χ0v) is 18.2. The maximum absolute atomic E-state index is 12.9. The van der Waals surface area contributed by atoms with Crippen molar-refractivity contribution in [1.29, 1.82) is 0 Å². The number of allylic oxidation sites excluding steroid dienone is 1. The Bertz CT molecular complexity index is 1080. The standard InChI is InChI=1S/C21H27N9O2/c1-14-8-10-29(11-9-14)13-17-18(24-28-30(17)20-19(22)26-32-27-20)21(31)25-23-12-15(2)16-6-4-3-5-7-16/h3-7,12,14,23H,8-11,13H2,1-2H3,(H2,22,26)(H,25,31)/b15-12+. The lowest BCUT2D eigenvalue weighted by Gasteiger charge is -2.30. The Kier molecular flexibility index (Phi) is 6.45. The number of likely N-dealkylation sites (tertiary alicyclic amines) is 1. The van der Waals surface area contributed by atoms with Gasteiger partial charge in [-0.25, -0.2) is 4.63 Å². The molecule has 3 heterocycles. The van der Waals surface area contributed by atoms with Gasteiger partial charge >= 0.3 is 0 Å². The fraction of sp³-hybridized carbons (Fsp3) is 0.381. The fourth-order valence-electron chi connectivity index (χ4n) is 3.61. The van der Waals surface area contributed by atoms with Crippen molar-refractivity contribution in [3.8, 4) is 5.82 Å². The molecule has 4 N–H and O–H groups in total. The van der Waals surface area contributed by atoms with Crippen molar-refractivity contribution in [3.63, 3.8) is 0 Å². The van der Waals surface area contributed by atoms with Crippen LogP contribution in [0.3, 0.4) is 0 Å². The van der Waals surface area contributed by atoms with Gasteiger partial charge in [-0.2, -0.15) is 4.68 Å². The van der Waals surface area contributed by atoms with Crippen molar-refractivity contribution >= 4 is 17.3 Å². The highest BCUT2D eigenvalue weighted by molar-refractivity contribution is 5.93. The predicted molar refractivity (Wildman–Crippen MR) is 118 cm³/mol. The highest BCUT2D eigenvalue weighted by Crippen LogP contribution is 2.21. The molecule has 0 saturated carbocycles. The number of carbonyl (C=O) groups is 1. The maximum atomic E-state index is 12.9. The zero-order valence-electron chi connectivity index (χ0n) is 18.2. The van der Waals surface area contributed by atoms with Gasteiger partial charge in [0.2, 0.25) is 11.6 Å². The molecule has 0 bridgehead atoms. The molecule has 11 heteroatoms. The first kappa shape index (κ1) is 21.5. The number of aromatic nitrogens is 5. The van der Waals surface area contributed by atoms with Crippen molar-refractivity contribution in [1.82, 2.24) is 41.1 Å². The van der Waals surface area contributed by atoms with Crippen LogP contribution in [0.5, 0.6) is 0 Å². The molecular weight excluding hydrogens is 410 g/mol. The lowest BCUT2D eigenvalue weighted by molar-refractivity contribution is 0.0932. The topological polar surface area (TPSA) is 140 Å². The first-order chi connectivity index (χ1) is 15.5. The van der Waals surface area contributed by atoms with Gasteiger partial charge in [-0.3, -0.25) is 15.1 Å². The average molecular weight is 438 g/mol. The molecule has 1 aliphatic rings. The average Bonchev–Trinajstić information content (AvgIpc) is 3.41. The van der Waals surface area contributed by atoms with Crippen LogP contribution in [0.2, 0.25) is 0 Å². The molecule has 1 aromatic carbocycles. The molecule has 0 atom stereocenters. The maximum Gasteiger partial charge on any atom is 0.292 e. The van der Waals surface area contributed by atoms with E-state index in [4.69, 9.17) is 10.4 Å². The number of hydrazine groups is 1. The minimum Gasteiger partial charge on any atom is -0.378 e. The smallest absolute Gasteiger partial charge is 0.292 e. The van der Waals surface area contributed by atoms with E-state index in [-0.39, 0.29) is 17.3 Å². The third kappa shape index (κ3) is 4.78. The number of nitrogens with zero attached hydrogens (tertiary/aromatic N) is 6.